The first-order valence-electron chi connectivity index (χ1n) is 5.22. The molecule has 0 heterocycles. The maximum atomic E-state index is 13.4. The summed E-state index contributed by atoms with van der Waals surface area (Å²) < 4.78 is 26.7. The van der Waals surface area contributed by atoms with Crippen LogP contribution in [-0.4, -0.2) is 23.9 Å². The minimum absolute atomic E-state index is 0.180. The van der Waals surface area contributed by atoms with Gasteiger partial charge in [0, 0.05) is 6.54 Å². The van der Waals surface area contributed by atoms with Crippen LogP contribution in [0.15, 0.2) is 18.2 Å². The van der Waals surface area contributed by atoms with Gasteiger partial charge in [0.25, 0.3) is 5.91 Å². The number of carbonyl (C=O) groups is 1. The number of hydrogen-bond donors (Lipinski definition) is 0. The van der Waals surface area contributed by atoms with E-state index in [-0.39, 0.29) is 6.54 Å². The molecule has 1 rings (SSSR count). The zero-order valence-corrected chi connectivity index (χ0v) is 9.41. The van der Waals surface area contributed by atoms with E-state index in [4.69, 9.17) is 5.26 Å². The molecule has 0 fully saturated rings. The van der Waals surface area contributed by atoms with Crippen molar-refractivity contribution in [3.8, 4) is 6.07 Å². The highest BCUT2D eigenvalue weighted by Crippen LogP contribution is 2.14. The number of amides is 1. The van der Waals surface area contributed by atoms with E-state index < -0.39 is 23.1 Å². The maximum absolute atomic E-state index is 13.4. The standard InChI is InChI=1S/C12H12F2N2O/c1-2-7-16(8-6-15)12(17)11-9(13)4-3-5-10(11)14/h3-5H,2,7-8H2,1H3. The van der Waals surface area contributed by atoms with Gasteiger partial charge < -0.3 is 4.90 Å². The zero-order chi connectivity index (χ0) is 12.8. The van der Waals surface area contributed by atoms with Crippen LogP contribution in [0.2, 0.25) is 0 Å². The smallest absolute Gasteiger partial charge is 0.260 e. The highest BCUT2D eigenvalue weighted by Gasteiger charge is 2.22. The van der Waals surface area contributed by atoms with E-state index in [2.05, 4.69) is 0 Å². The second-order valence-electron chi connectivity index (χ2n) is 3.48. The van der Waals surface area contributed by atoms with Gasteiger partial charge in [0.1, 0.15) is 23.7 Å². The molecule has 0 bridgehead atoms. The van der Waals surface area contributed by atoms with Crippen molar-refractivity contribution in [2.24, 2.45) is 0 Å². The van der Waals surface area contributed by atoms with Crippen LogP contribution in [-0.2, 0) is 0 Å². The largest absolute Gasteiger partial charge is 0.325 e. The molecule has 0 aliphatic carbocycles. The molecule has 90 valence electrons. The predicted molar refractivity (Wildman–Crippen MR) is 58.2 cm³/mol. The first-order valence-corrected chi connectivity index (χ1v) is 5.22. The molecule has 0 saturated heterocycles. The summed E-state index contributed by atoms with van der Waals surface area (Å²) >= 11 is 0. The van der Waals surface area contributed by atoms with Gasteiger partial charge in [-0.1, -0.05) is 13.0 Å². The van der Waals surface area contributed by atoms with E-state index in [1.54, 1.807) is 6.07 Å². The Morgan fingerprint density at radius 1 is 1.41 bits per heavy atom. The first-order chi connectivity index (χ1) is 8.11. The molecule has 0 radical (unpaired) electrons. The Labute approximate surface area is 98.3 Å². The Bertz CT molecular complexity index is 434. The summed E-state index contributed by atoms with van der Waals surface area (Å²) in [7, 11) is 0. The highest BCUT2D eigenvalue weighted by molar-refractivity contribution is 5.94. The van der Waals surface area contributed by atoms with E-state index in [9.17, 15) is 13.6 Å². The molecule has 0 saturated carbocycles. The second kappa shape index (κ2) is 5.94. The van der Waals surface area contributed by atoms with Crippen molar-refractivity contribution in [2.75, 3.05) is 13.1 Å². The van der Waals surface area contributed by atoms with Gasteiger partial charge in [0.05, 0.1) is 6.07 Å². The Morgan fingerprint density at radius 3 is 2.47 bits per heavy atom. The van der Waals surface area contributed by atoms with Crippen LogP contribution in [0.1, 0.15) is 23.7 Å². The van der Waals surface area contributed by atoms with Crippen LogP contribution in [0.5, 0.6) is 0 Å². The lowest BCUT2D eigenvalue weighted by atomic mass is 10.1. The lowest BCUT2D eigenvalue weighted by molar-refractivity contribution is 0.0766. The molecule has 0 aliphatic heterocycles. The fourth-order valence-electron chi connectivity index (χ4n) is 1.47. The number of hydrogen-bond acceptors (Lipinski definition) is 2. The van der Waals surface area contributed by atoms with Crippen molar-refractivity contribution >= 4 is 5.91 Å². The third-order valence-corrected chi connectivity index (χ3v) is 2.22. The van der Waals surface area contributed by atoms with Crippen molar-refractivity contribution in [3.05, 3.63) is 35.4 Å². The van der Waals surface area contributed by atoms with E-state index in [1.807, 2.05) is 6.92 Å². The summed E-state index contributed by atoms with van der Waals surface area (Å²) in [5, 5.41) is 8.57. The minimum atomic E-state index is -0.908. The summed E-state index contributed by atoms with van der Waals surface area (Å²) in [5.74, 6) is -2.60. The molecule has 0 unspecified atom stereocenters. The average Bonchev–Trinajstić information content (AvgIpc) is 2.28. The molecule has 0 spiro atoms. The van der Waals surface area contributed by atoms with Crippen LogP contribution in [0.25, 0.3) is 0 Å². The molecule has 0 aromatic heterocycles. The lowest BCUT2D eigenvalue weighted by Gasteiger charge is -2.19. The molecular weight excluding hydrogens is 226 g/mol. The fraction of sp³-hybridized carbons (Fsp3) is 0.333. The van der Waals surface area contributed by atoms with Crippen molar-refractivity contribution in [1.29, 1.82) is 5.26 Å². The highest BCUT2D eigenvalue weighted by atomic mass is 19.1. The molecule has 17 heavy (non-hydrogen) atoms. The lowest BCUT2D eigenvalue weighted by Crippen LogP contribution is -2.33. The Hall–Kier alpha value is -1.96. The van der Waals surface area contributed by atoms with E-state index >= 15 is 0 Å². The number of nitrogens with zero attached hydrogens (tertiary/aromatic N) is 2. The van der Waals surface area contributed by atoms with Gasteiger partial charge in [-0.3, -0.25) is 4.79 Å². The van der Waals surface area contributed by atoms with Gasteiger partial charge in [-0.15, -0.1) is 0 Å². The molecule has 1 amide bonds. The number of rotatable bonds is 4. The van der Waals surface area contributed by atoms with Gasteiger partial charge in [-0.25, -0.2) is 8.78 Å². The Kier molecular flexibility index (Phi) is 4.58. The first kappa shape index (κ1) is 13.1. The number of halogens is 2. The van der Waals surface area contributed by atoms with Gasteiger partial charge in [0.15, 0.2) is 0 Å². The monoisotopic (exact) mass is 238 g/mol. The third-order valence-electron chi connectivity index (χ3n) is 2.22. The molecule has 1 aromatic rings. The molecule has 0 aliphatic rings. The van der Waals surface area contributed by atoms with E-state index in [0.717, 1.165) is 17.0 Å². The normalized spacial score (nSPS) is 9.76. The second-order valence-corrected chi connectivity index (χ2v) is 3.48. The SMILES string of the molecule is CCCN(CC#N)C(=O)c1c(F)cccc1F. The zero-order valence-electron chi connectivity index (χ0n) is 9.41. The Morgan fingerprint density at radius 2 is 2.00 bits per heavy atom. The summed E-state index contributed by atoms with van der Waals surface area (Å²) in [4.78, 5) is 13.0. The summed E-state index contributed by atoms with van der Waals surface area (Å²) in [6, 6.07) is 5.03. The summed E-state index contributed by atoms with van der Waals surface area (Å²) in [6.07, 6.45) is 0.615. The van der Waals surface area contributed by atoms with Gasteiger partial charge in [-0.2, -0.15) is 5.26 Å². The minimum Gasteiger partial charge on any atom is -0.325 e. The third kappa shape index (κ3) is 3.00. The van der Waals surface area contributed by atoms with Crippen molar-refractivity contribution in [2.45, 2.75) is 13.3 Å². The summed E-state index contributed by atoms with van der Waals surface area (Å²) in [5.41, 5.74) is -0.601. The molecule has 1 aromatic carbocycles. The number of carbonyl (C=O) groups excluding carboxylic acids is 1. The molecular formula is C12H12F2N2O. The molecule has 0 N–H and O–H groups in total. The fourth-order valence-corrected chi connectivity index (χ4v) is 1.47. The van der Waals surface area contributed by atoms with Crippen molar-refractivity contribution < 1.29 is 13.6 Å². The van der Waals surface area contributed by atoms with Gasteiger partial charge >= 0.3 is 0 Å². The van der Waals surface area contributed by atoms with Crippen LogP contribution in [0, 0.1) is 23.0 Å². The molecule has 0 atom stereocenters. The predicted octanol–water partition coefficient (Wildman–Crippen LogP) is 2.34. The van der Waals surface area contributed by atoms with Crippen molar-refractivity contribution in [1.82, 2.24) is 4.90 Å². The van der Waals surface area contributed by atoms with Crippen LogP contribution in [0.4, 0.5) is 8.78 Å². The van der Waals surface area contributed by atoms with E-state index in [1.165, 1.54) is 6.07 Å². The maximum Gasteiger partial charge on any atom is 0.260 e. The van der Waals surface area contributed by atoms with Gasteiger partial charge in [0.2, 0.25) is 0 Å². The van der Waals surface area contributed by atoms with Gasteiger partial charge in [-0.05, 0) is 18.6 Å². The van der Waals surface area contributed by atoms with E-state index in [0.29, 0.717) is 13.0 Å². The molecule has 5 heteroatoms. The van der Waals surface area contributed by atoms with Crippen LogP contribution in [0.3, 0.4) is 0 Å². The van der Waals surface area contributed by atoms with Crippen LogP contribution >= 0.6 is 0 Å². The molecule has 3 nitrogen and oxygen atoms in total. The number of benzene rings is 1. The number of nitriles is 1. The topological polar surface area (TPSA) is 44.1 Å². The quantitative estimate of drug-likeness (QED) is 0.756. The average molecular weight is 238 g/mol. The summed E-state index contributed by atoms with van der Waals surface area (Å²) in [6.45, 7) is 1.93. The van der Waals surface area contributed by atoms with Crippen molar-refractivity contribution in [3.63, 3.8) is 0 Å². The van der Waals surface area contributed by atoms with Crippen LogP contribution < -0.4 is 0 Å². The Balaban J connectivity index is 3.05.